The average molecular weight is 293 g/mol. The molecule has 1 unspecified atom stereocenters. The Hall–Kier alpha value is -1.69. The fourth-order valence-electron chi connectivity index (χ4n) is 2.42. The van der Waals surface area contributed by atoms with Gasteiger partial charge in [-0.25, -0.2) is 4.68 Å². The Morgan fingerprint density at radius 1 is 1.15 bits per heavy atom. The third-order valence-corrected chi connectivity index (χ3v) is 3.76. The van der Waals surface area contributed by atoms with E-state index in [2.05, 4.69) is 31.9 Å². The van der Waals surface area contributed by atoms with Gasteiger partial charge in [-0.05, 0) is 42.8 Å². The Labute approximate surface area is 122 Å². The second kappa shape index (κ2) is 5.75. The van der Waals surface area contributed by atoms with E-state index in [1.807, 2.05) is 6.07 Å². The normalized spacial score (nSPS) is 19.9. The summed E-state index contributed by atoms with van der Waals surface area (Å²) >= 11 is 6.03. The Kier molecular flexibility index (Phi) is 3.82. The second-order valence-corrected chi connectivity index (χ2v) is 5.52. The Morgan fingerprint density at radius 3 is 2.80 bits per heavy atom. The maximum atomic E-state index is 6.03. The number of anilines is 1. The van der Waals surface area contributed by atoms with Gasteiger partial charge in [-0.1, -0.05) is 6.92 Å². The van der Waals surface area contributed by atoms with E-state index in [1.54, 1.807) is 17.1 Å². The standard InChI is InChI=1S/C13H17ClN6/c1-10-4-2-7-19(9-5-10)12-16-11(14)17-13(18-12)20-8-3-6-15-20/h3,6,8,10H,2,4-5,7,9H2,1H3. The molecule has 1 aliphatic heterocycles. The van der Waals surface area contributed by atoms with E-state index in [4.69, 9.17) is 11.6 Å². The van der Waals surface area contributed by atoms with Gasteiger partial charge >= 0.3 is 0 Å². The highest BCUT2D eigenvalue weighted by Crippen LogP contribution is 2.21. The summed E-state index contributed by atoms with van der Waals surface area (Å²) in [5, 5.41) is 4.34. The monoisotopic (exact) mass is 292 g/mol. The first-order chi connectivity index (χ1) is 9.72. The summed E-state index contributed by atoms with van der Waals surface area (Å²) in [6, 6.07) is 1.82. The SMILES string of the molecule is CC1CCCN(c2nc(Cl)nc(-n3cccn3)n2)CC1. The summed E-state index contributed by atoms with van der Waals surface area (Å²) in [5.41, 5.74) is 0. The molecule has 3 heterocycles. The molecule has 0 spiro atoms. The minimum Gasteiger partial charge on any atom is -0.341 e. The van der Waals surface area contributed by atoms with Crippen molar-refractivity contribution in [2.75, 3.05) is 18.0 Å². The van der Waals surface area contributed by atoms with Crippen molar-refractivity contribution in [3.05, 3.63) is 23.7 Å². The Bertz CT molecular complexity index is 570. The number of hydrogen-bond donors (Lipinski definition) is 0. The molecule has 0 N–H and O–H groups in total. The lowest BCUT2D eigenvalue weighted by atomic mass is 10.0. The highest BCUT2D eigenvalue weighted by atomic mass is 35.5. The van der Waals surface area contributed by atoms with Gasteiger partial charge in [0.25, 0.3) is 5.95 Å². The molecule has 6 nitrogen and oxygen atoms in total. The summed E-state index contributed by atoms with van der Waals surface area (Å²) in [6.07, 6.45) is 7.04. The van der Waals surface area contributed by atoms with Gasteiger partial charge in [-0.3, -0.25) is 0 Å². The molecule has 0 amide bonds. The summed E-state index contributed by atoms with van der Waals surface area (Å²) in [4.78, 5) is 15.1. The predicted octanol–water partition coefficient (Wildman–Crippen LogP) is 2.34. The number of nitrogens with zero attached hydrogens (tertiary/aromatic N) is 6. The molecular formula is C13H17ClN6. The molecule has 0 aliphatic carbocycles. The van der Waals surface area contributed by atoms with Crippen LogP contribution in [0.25, 0.3) is 5.95 Å². The minimum atomic E-state index is 0.206. The van der Waals surface area contributed by atoms with E-state index in [9.17, 15) is 0 Å². The first kappa shape index (κ1) is 13.3. The first-order valence-electron chi connectivity index (χ1n) is 6.89. The molecule has 0 aromatic carbocycles. The number of aromatic nitrogens is 5. The third-order valence-electron chi connectivity index (χ3n) is 3.59. The number of hydrogen-bond acceptors (Lipinski definition) is 5. The molecule has 2 aromatic rings. The van der Waals surface area contributed by atoms with E-state index in [0.29, 0.717) is 11.9 Å². The van der Waals surface area contributed by atoms with E-state index in [1.165, 1.54) is 6.42 Å². The molecule has 0 saturated carbocycles. The van der Waals surface area contributed by atoms with Crippen LogP contribution in [0.5, 0.6) is 0 Å². The van der Waals surface area contributed by atoms with Gasteiger partial charge in [-0.2, -0.15) is 20.1 Å². The zero-order valence-corrected chi connectivity index (χ0v) is 12.2. The van der Waals surface area contributed by atoms with Gasteiger partial charge in [-0.15, -0.1) is 0 Å². The molecule has 7 heteroatoms. The van der Waals surface area contributed by atoms with Crippen LogP contribution in [-0.2, 0) is 0 Å². The molecule has 1 aliphatic rings. The minimum absolute atomic E-state index is 0.206. The van der Waals surface area contributed by atoms with Gasteiger partial charge in [0.1, 0.15) is 0 Å². The van der Waals surface area contributed by atoms with E-state index in [0.717, 1.165) is 31.8 Å². The smallest absolute Gasteiger partial charge is 0.256 e. The molecule has 1 saturated heterocycles. The van der Waals surface area contributed by atoms with Crippen molar-refractivity contribution in [3.63, 3.8) is 0 Å². The van der Waals surface area contributed by atoms with Gasteiger partial charge < -0.3 is 4.90 Å². The fourth-order valence-corrected chi connectivity index (χ4v) is 2.57. The van der Waals surface area contributed by atoms with Crippen molar-refractivity contribution in [2.24, 2.45) is 5.92 Å². The molecule has 3 rings (SSSR count). The largest absolute Gasteiger partial charge is 0.341 e. The van der Waals surface area contributed by atoms with Gasteiger partial charge in [0, 0.05) is 25.5 Å². The molecule has 20 heavy (non-hydrogen) atoms. The molecule has 1 atom stereocenters. The molecule has 106 valence electrons. The number of rotatable bonds is 2. The van der Waals surface area contributed by atoms with Gasteiger partial charge in [0.05, 0.1) is 0 Å². The molecule has 0 radical (unpaired) electrons. The summed E-state index contributed by atoms with van der Waals surface area (Å²) in [6.45, 7) is 4.21. The highest BCUT2D eigenvalue weighted by molar-refractivity contribution is 6.28. The third kappa shape index (κ3) is 2.90. The maximum absolute atomic E-state index is 6.03. The summed E-state index contributed by atoms with van der Waals surface area (Å²) in [7, 11) is 0. The lowest BCUT2D eigenvalue weighted by Gasteiger charge is -2.20. The van der Waals surface area contributed by atoms with Crippen LogP contribution in [0.3, 0.4) is 0 Å². The topological polar surface area (TPSA) is 59.7 Å². The van der Waals surface area contributed by atoms with Gasteiger partial charge in [0.2, 0.25) is 11.2 Å². The molecule has 1 fully saturated rings. The molecular weight excluding hydrogens is 276 g/mol. The quantitative estimate of drug-likeness (QED) is 0.850. The van der Waals surface area contributed by atoms with Crippen LogP contribution < -0.4 is 4.90 Å². The molecule has 2 aromatic heterocycles. The van der Waals surface area contributed by atoms with Crippen molar-refractivity contribution in [2.45, 2.75) is 26.2 Å². The van der Waals surface area contributed by atoms with Crippen LogP contribution in [0.2, 0.25) is 5.28 Å². The van der Waals surface area contributed by atoms with Crippen LogP contribution in [0, 0.1) is 5.92 Å². The Morgan fingerprint density at radius 2 is 2.00 bits per heavy atom. The zero-order valence-electron chi connectivity index (χ0n) is 11.4. The van der Waals surface area contributed by atoms with E-state index in [-0.39, 0.29) is 5.28 Å². The van der Waals surface area contributed by atoms with Crippen LogP contribution in [-0.4, -0.2) is 37.8 Å². The van der Waals surface area contributed by atoms with Crippen molar-refractivity contribution >= 4 is 17.5 Å². The van der Waals surface area contributed by atoms with Crippen LogP contribution in [0.4, 0.5) is 5.95 Å². The average Bonchev–Trinajstić information content (AvgIpc) is 2.88. The maximum Gasteiger partial charge on any atom is 0.256 e. The number of halogens is 1. The second-order valence-electron chi connectivity index (χ2n) is 5.18. The van der Waals surface area contributed by atoms with E-state index >= 15 is 0 Å². The highest BCUT2D eigenvalue weighted by Gasteiger charge is 2.18. The van der Waals surface area contributed by atoms with Crippen molar-refractivity contribution in [3.8, 4) is 5.95 Å². The van der Waals surface area contributed by atoms with Crippen molar-refractivity contribution < 1.29 is 0 Å². The fraction of sp³-hybridized carbons (Fsp3) is 0.538. The van der Waals surface area contributed by atoms with Crippen LogP contribution in [0.15, 0.2) is 18.5 Å². The van der Waals surface area contributed by atoms with Crippen molar-refractivity contribution in [1.82, 2.24) is 24.7 Å². The predicted molar refractivity (Wildman–Crippen MR) is 77.2 cm³/mol. The first-order valence-corrected chi connectivity index (χ1v) is 7.27. The lowest BCUT2D eigenvalue weighted by Crippen LogP contribution is -2.27. The Balaban J connectivity index is 1.89. The zero-order chi connectivity index (χ0) is 13.9. The van der Waals surface area contributed by atoms with Crippen LogP contribution in [0.1, 0.15) is 26.2 Å². The summed E-state index contributed by atoms with van der Waals surface area (Å²) in [5.74, 6) is 1.86. The summed E-state index contributed by atoms with van der Waals surface area (Å²) < 4.78 is 1.59. The lowest BCUT2D eigenvalue weighted by molar-refractivity contribution is 0.520. The van der Waals surface area contributed by atoms with Crippen molar-refractivity contribution in [1.29, 1.82) is 0 Å². The molecule has 0 bridgehead atoms. The van der Waals surface area contributed by atoms with Gasteiger partial charge in [0.15, 0.2) is 0 Å². The van der Waals surface area contributed by atoms with E-state index < -0.39 is 0 Å². The van der Waals surface area contributed by atoms with Crippen LogP contribution >= 0.6 is 11.6 Å².